The van der Waals surface area contributed by atoms with E-state index in [2.05, 4.69) is 26.3 Å². The second-order valence-corrected chi connectivity index (χ2v) is 8.28. The molecule has 0 unspecified atom stereocenters. The van der Waals surface area contributed by atoms with Crippen LogP contribution < -0.4 is 10.0 Å². The van der Waals surface area contributed by atoms with E-state index in [0.29, 0.717) is 29.9 Å². The Labute approximate surface area is 176 Å². The van der Waals surface area contributed by atoms with Gasteiger partial charge < -0.3 is 5.32 Å². The first-order valence-corrected chi connectivity index (χ1v) is 11.2. The second kappa shape index (κ2) is 9.37. The number of hydrogen-bond acceptors (Lipinski definition) is 6. The molecule has 3 rings (SSSR count). The molecule has 8 heteroatoms. The smallest absolute Gasteiger partial charge is 0.261 e. The maximum atomic E-state index is 12.7. The largest absolute Gasteiger partial charge is 0.363 e. The maximum Gasteiger partial charge on any atom is 0.261 e. The summed E-state index contributed by atoms with van der Waals surface area (Å²) in [7, 11) is -3.71. The monoisotopic (exact) mass is 421 g/mol. The molecular formula is C22H23N5O2S. The molecule has 0 saturated carbocycles. The summed E-state index contributed by atoms with van der Waals surface area (Å²) < 4.78 is 28.0. The zero-order chi connectivity index (χ0) is 21.6. The molecule has 0 aliphatic heterocycles. The molecular weight excluding hydrogens is 398 g/mol. The van der Waals surface area contributed by atoms with Gasteiger partial charge in [-0.2, -0.15) is 10.4 Å². The van der Waals surface area contributed by atoms with Crippen LogP contribution in [0.5, 0.6) is 0 Å². The summed E-state index contributed by atoms with van der Waals surface area (Å²) in [5.74, 6) is 0.396. The Morgan fingerprint density at radius 3 is 2.33 bits per heavy atom. The summed E-state index contributed by atoms with van der Waals surface area (Å²) in [5.41, 5.74) is 3.36. The molecule has 1 aromatic heterocycles. The first kappa shape index (κ1) is 21.3. The molecule has 0 aliphatic carbocycles. The molecule has 1 heterocycles. The van der Waals surface area contributed by atoms with Gasteiger partial charge in [0.05, 0.1) is 16.3 Å². The number of hydrogen-bond donors (Lipinski definition) is 2. The van der Waals surface area contributed by atoms with E-state index in [1.165, 1.54) is 0 Å². The summed E-state index contributed by atoms with van der Waals surface area (Å²) in [5, 5.41) is 21.2. The zero-order valence-electron chi connectivity index (χ0n) is 16.9. The molecule has 0 radical (unpaired) electrons. The van der Waals surface area contributed by atoms with E-state index in [1.807, 2.05) is 26.0 Å². The van der Waals surface area contributed by atoms with Crippen LogP contribution in [0.4, 0.5) is 11.5 Å². The second-order valence-electron chi connectivity index (χ2n) is 6.60. The van der Waals surface area contributed by atoms with E-state index in [-0.39, 0.29) is 11.4 Å². The minimum Gasteiger partial charge on any atom is -0.363 e. The highest BCUT2D eigenvalue weighted by molar-refractivity contribution is 7.92. The number of aryl methyl sites for hydroxylation is 1. The van der Waals surface area contributed by atoms with Crippen LogP contribution in [0, 0.1) is 11.3 Å². The number of nitrogens with one attached hydrogen (secondary N) is 2. The van der Waals surface area contributed by atoms with Crippen molar-refractivity contribution in [1.82, 2.24) is 10.2 Å². The quantitative estimate of drug-likeness (QED) is 0.571. The Morgan fingerprint density at radius 1 is 0.967 bits per heavy atom. The van der Waals surface area contributed by atoms with Gasteiger partial charge in [0, 0.05) is 6.54 Å². The van der Waals surface area contributed by atoms with Gasteiger partial charge in [-0.05, 0) is 42.2 Å². The van der Waals surface area contributed by atoms with Gasteiger partial charge in [0.1, 0.15) is 11.6 Å². The molecule has 0 aliphatic rings. The van der Waals surface area contributed by atoms with E-state index in [9.17, 15) is 13.7 Å². The molecule has 0 spiro atoms. The van der Waals surface area contributed by atoms with Crippen LogP contribution in [0.3, 0.4) is 0 Å². The third-order valence-corrected chi connectivity index (χ3v) is 6.10. The van der Waals surface area contributed by atoms with Gasteiger partial charge in [-0.3, -0.25) is 4.72 Å². The molecule has 0 bridgehead atoms. The van der Waals surface area contributed by atoms with Crippen LogP contribution in [0.1, 0.15) is 36.2 Å². The number of para-hydroxylation sites is 1. The van der Waals surface area contributed by atoms with Crippen LogP contribution in [0.15, 0.2) is 59.5 Å². The highest BCUT2D eigenvalue weighted by Crippen LogP contribution is 2.23. The van der Waals surface area contributed by atoms with Crippen molar-refractivity contribution in [2.24, 2.45) is 0 Å². The molecule has 2 N–H and O–H groups in total. The van der Waals surface area contributed by atoms with Crippen LogP contribution in [-0.2, 0) is 29.4 Å². The third-order valence-electron chi connectivity index (χ3n) is 4.72. The highest BCUT2D eigenvalue weighted by Gasteiger charge is 2.17. The van der Waals surface area contributed by atoms with E-state index >= 15 is 0 Å². The van der Waals surface area contributed by atoms with E-state index < -0.39 is 10.0 Å². The molecule has 30 heavy (non-hydrogen) atoms. The van der Waals surface area contributed by atoms with Crippen molar-refractivity contribution in [3.05, 3.63) is 77.0 Å². The van der Waals surface area contributed by atoms with Crippen LogP contribution in [-0.4, -0.2) is 18.6 Å². The lowest BCUT2D eigenvalue weighted by molar-refractivity contribution is 0.601. The Hall–Kier alpha value is -3.44. The highest BCUT2D eigenvalue weighted by atomic mass is 32.2. The first-order chi connectivity index (χ1) is 14.5. The Kier molecular flexibility index (Phi) is 6.65. The van der Waals surface area contributed by atoms with Crippen molar-refractivity contribution in [2.45, 2.75) is 38.1 Å². The minimum absolute atomic E-state index is 0.188. The predicted molar refractivity (Wildman–Crippen MR) is 117 cm³/mol. The van der Waals surface area contributed by atoms with Gasteiger partial charge in [0.25, 0.3) is 10.0 Å². The van der Waals surface area contributed by atoms with Gasteiger partial charge in [-0.25, -0.2) is 8.42 Å². The molecule has 0 saturated heterocycles. The van der Waals surface area contributed by atoms with Gasteiger partial charge >= 0.3 is 0 Å². The Balaban J connectivity index is 1.86. The fourth-order valence-electron chi connectivity index (χ4n) is 3.17. The molecule has 0 amide bonds. The van der Waals surface area contributed by atoms with Crippen molar-refractivity contribution in [2.75, 3.05) is 10.0 Å². The number of aromatic nitrogens is 2. The molecule has 0 atom stereocenters. The molecule has 7 nitrogen and oxygen atoms in total. The summed E-state index contributed by atoms with van der Waals surface area (Å²) in [6, 6.07) is 17.5. The van der Waals surface area contributed by atoms with E-state index in [1.54, 1.807) is 42.5 Å². The summed E-state index contributed by atoms with van der Waals surface area (Å²) in [6.45, 7) is 4.24. The predicted octanol–water partition coefficient (Wildman–Crippen LogP) is 3.89. The average molecular weight is 422 g/mol. The lowest BCUT2D eigenvalue weighted by Crippen LogP contribution is -2.15. The number of nitriles is 1. The van der Waals surface area contributed by atoms with E-state index in [0.717, 1.165) is 16.8 Å². The van der Waals surface area contributed by atoms with Crippen LogP contribution in [0.25, 0.3) is 0 Å². The van der Waals surface area contributed by atoms with E-state index in [4.69, 9.17) is 0 Å². The zero-order valence-corrected chi connectivity index (χ0v) is 17.7. The summed E-state index contributed by atoms with van der Waals surface area (Å²) in [4.78, 5) is 0.188. The molecule has 0 fully saturated rings. The van der Waals surface area contributed by atoms with Crippen LogP contribution in [0.2, 0.25) is 0 Å². The van der Waals surface area contributed by atoms with Gasteiger partial charge in [-0.1, -0.05) is 50.2 Å². The molecule has 3 aromatic rings. The fraction of sp³-hybridized carbons (Fsp3) is 0.227. The number of nitrogens with zero attached hydrogens (tertiary/aromatic N) is 3. The molecule has 2 aromatic carbocycles. The number of anilines is 2. The summed E-state index contributed by atoms with van der Waals surface area (Å²) >= 11 is 0. The van der Waals surface area contributed by atoms with Gasteiger partial charge in [-0.15, -0.1) is 5.10 Å². The van der Waals surface area contributed by atoms with Gasteiger partial charge in [0.15, 0.2) is 5.82 Å². The van der Waals surface area contributed by atoms with Gasteiger partial charge in [0.2, 0.25) is 0 Å². The Bertz CT molecular complexity index is 1170. The lowest BCUT2D eigenvalue weighted by atomic mass is 10.0. The number of sulfonamides is 1. The lowest BCUT2D eigenvalue weighted by Gasteiger charge is -2.15. The van der Waals surface area contributed by atoms with Crippen molar-refractivity contribution < 1.29 is 8.42 Å². The standard InChI is InChI=1S/C22H23N5O2S/c1-3-18-19(14-23)22(26-25-20(18)4-2)24-15-16-10-8-9-13-21(16)27-30(28,29)17-11-6-5-7-12-17/h5-13,27H,3-4,15H2,1-2H3,(H,24,26). The van der Waals surface area contributed by atoms with Crippen molar-refractivity contribution in [3.63, 3.8) is 0 Å². The maximum absolute atomic E-state index is 12.7. The van der Waals surface area contributed by atoms with Crippen molar-refractivity contribution in [3.8, 4) is 6.07 Å². The number of rotatable bonds is 8. The molecule has 154 valence electrons. The number of benzene rings is 2. The SMILES string of the molecule is CCc1nnc(NCc2ccccc2NS(=O)(=O)c2ccccc2)c(C#N)c1CC. The van der Waals surface area contributed by atoms with Crippen LogP contribution >= 0.6 is 0 Å². The van der Waals surface area contributed by atoms with Crippen molar-refractivity contribution in [1.29, 1.82) is 5.26 Å². The summed E-state index contributed by atoms with van der Waals surface area (Å²) in [6.07, 6.45) is 1.39. The Morgan fingerprint density at radius 2 is 1.67 bits per heavy atom. The topological polar surface area (TPSA) is 108 Å². The fourth-order valence-corrected chi connectivity index (χ4v) is 4.30. The third kappa shape index (κ3) is 4.58. The first-order valence-electron chi connectivity index (χ1n) is 9.68. The average Bonchev–Trinajstić information content (AvgIpc) is 2.78. The normalized spacial score (nSPS) is 11.0. The minimum atomic E-state index is -3.71. The van der Waals surface area contributed by atoms with Crippen molar-refractivity contribution >= 4 is 21.5 Å².